The molecule has 0 aliphatic rings. The Morgan fingerprint density at radius 2 is 1.76 bits per heavy atom. The fraction of sp³-hybridized carbons (Fsp3) is 0.174. The van der Waals surface area contributed by atoms with E-state index in [1.807, 2.05) is 49.4 Å². The summed E-state index contributed by atoms with van der Waals surface area (Å²) in [5.74, 6) is 0.405. The van der Waals surface area contributed by atoms with Gasteiger partial charge < -0.3 is 19.9 Å². The summed E-state index contributed by atoms with van der Waals surface area (Å²) in [6.45, 7) is 3.42. The zero-order valence-corrected chi connectivity index (χ0v) is 16.8. The fourth-order valence-corrected chi connectivity index (χ4v) is 2.99. The van der Waals surface area contributed by atoms with Crippen molar-refractivity contribution in [1.29, 1.82) is 0 Å². The largest absolute Gasteiger partial charge is 0.490 e. The minimum atomic E-state index is -0.939. The molecular weight excluding hydrogens is 390 g/mol. The topological polar surface area (TPSA) is 67.8 Å². The lowest BCUT2D eigenvalue weighted by molar-refractivity contribution is 0.0697. The third kappa shape index (κ3) is 5.90. The van der Waals surface area contributed by atoms with Gasteiger partial charge in [0.05, 0.1) is 12.2 Å². The molecule has 3 aromatic carbocycles. The van der Waals surface area contributed by atoms with E-state index in [-0.39, 0.29) is 5.56 Å². The van der Waals surface area contributed by atoms with Gasteiger partial charge in [0, 0.05) is 17.3 Å². The molecule has 0 unspecified atom stereocenters. The van der Waals surface area contributed by atoms with Crippen molar-refractivity contribution in [3.05, 3.63) is 88.4 Å². The van der Waals surface area contributed by atoms with Crippen LogP contribution in [0.15, 0.2) is 66.7 Å². The summed E-state index contributed by atoms with van der Waals surface area (Å²) in [5, 5.41) is 12.9. The van der Waals surface area contributed by atoms with E-state index in [1.54, 1.807) is 24.3 Å². The minimum Gasteiger partial charge on any atom is -0.490 e. The highest BCUT2D eigenvalue weighted by Gasteiger charge is 2.08. The number of hydrogen-bond donors (Lipinski definition) is 2. The summed E-state index contributed by atoms with van der Waals surface area (Å²) in [5.41, 5.74) is 3.10. The Bertz CT molecular complexity index is 973. The molecule has 0 aromatic heterocycles. The number of carboxylic acid groups (broad SMARTS) is 1. The average Bonchev–Trinajstić information content (AvgIpc) is 2.72. The van der Waals surface area contributed by atoms with E-state index in [4.69, 9.17) is 26.2 Å². The molecule has 0 aliphatic carbocycles. The molecule has 0 saturated heterocycles. The number of nitrogens with one attached hydrogen (secondary N) is 1. The van der Waals surface area contributed by atoms with Crippen LogP contribution in [0.4, 0.5) is 5.69 Å². The molecule has 0 atom stereocenters. The Morgan fingerprint density at radius 3 is 2.45 bits per heavy atom. The van der Waals surface area contributed by atoms with E-state index in [0.717, 1.165) is 16.8 Å². The van der Waals surface area contributed by atoms with E-state index in [9.17, 15) is 4.79 Å². The molecule has 5 nitrogen and oxygen atoms in total. The number of hydrogen-bond acceptors (Lipinski definition) is 4. The number of ether oxygens (including phenoxy) is 2. The second-order valence-electron chi connectivity index (χ2n) is 6.37. The molecule has 150 valence electrons. The Morgan fingerprint density at radius 1 is 0.966 bits per heavy atom. The molecule has 0 bridgehead atoms. The second kappa shape index (κ2) is 9.85. The molecule has 0 radical (unpaired) electrons. The molecule has 29 heavy (non-hydrogen) atoms. The Balaban J connectivity index is 1.65. The summed E-state index contributed by atoms with van der Waals surface area (Å²) in [4.78, 5) is 10.9. The third-order valence-corrected chi connectivity index (χ3v) is 4.45. The lowest BCUT2D eigenvalue weighted by Crippen LogP contribution is -2.03. The Hall–Kier alpha value is -3.18. The number of rotatable bonds is 9. The van der Waals surface area contributed by atoms with E-state index < -0.39 is 5.97 Å². The van der Waals surface area contributed by atoms with Gasteiger partial charge in [0.15, 0.2) is 11.5 Å². The van der Waals surface area contributed by atoms with Gasteiger partial charge in [-0.25, -0.2) is 4.79 Å². The first-order valence-corrected chi connectivity index (χ1v) is 9.63. The zero-order valence-electron chi connectivity index (χ0n) is 16.0. The van der Waals surface area contributed by atoms with Gasteiger partial charge in [-0.1, -0.05) is 29.8 Å². The van der Waals surface area contributed by atoms with Crippen LogP contribution in [0.5, 0.6) is 11.5 Å². The smallest absolute Gasteiger partial charge is 0.335 e. The van der Waals surface area contributed by atoms with Gasteiger partial charge in [-0.05, 0) is 66.6 Å². The summed E-state index contributed by atoms with van der Waals surface area (Å²) < 4.78 is 11.7. The van der Waals surface area contributed by atoms with Crippen molar-refractivity contribution in [3.63, 3.8) is 0 Å². The number of halogens is 1. The van der Waals surface area contributed by atoms with Gasteiger partial charge in [-0.2, -0.15) is 0 Å². The maximum Gasteiger partial charge on any atom is 0.335 e. The van der Waals surface area contributed by atoms with Gasteiger partial charge in [-0.15, -0.1) is 0 Å². The van der Waals surface area contributed by atoms with Crippen LogP contribution in [0.1, 0.15) is 28.4 Å². The predicted octanol–water partition coefficient (Wildman–Crippen LogP) is 5.63. The highest BCUT2D eigenvalue weighted by Crippen LogP contribution is 2.30. The number of carboxylic acids is 1. The van der Waals surface area contributed by atoms with Gasteiger partial charge >= 0.3 is 5.97 Å². The van der Waals surface area contributed by atoms with E-state index in [2.05, 4.69) is 5.32 Å². The first kappa shape index (κ1) is 20.6. The van der Waals surface area contributed by atoms with Crippen LogP contribution >= 0.6 is 11.6 Å². The molecule has 3 aromatic rings. The van der Waals surface area contributed by atoms with E-state index >= 15 is 0 Å². The highest BCUT2D eigenvalue weighted by atomic mass is 35.5. The lowest BCUT2D eigenvalue weighted by Gasteiger charge is -2.14. The van der Waals surface area contributed by atoms with Crippen molar-refractivity contribution >= 4 is 23.3 Å². The summed E-state index contributed by atoms with van der Waals surface area (Å²) in [6, 6.07) is 20.0. The monoisotopic (exact) mass is 411 g/mol. The zero-order chi connectivity index (χ0) is 20.6. The van der Waals surface area contributed by atoms with Crippen molar-refractivity contribution in [2.24, 2.45) is 0 Å². The SMILES string of the molecule is CCOc1cc(CNc2ccc(C(=O)O)cc2)ccc1OCc1cccc(Cl)c1. The molecule has 2 N–H and O–H groups in total. The van der Waals surface area contributed by atoms with Gasteiger partial charge in [0.1, 0.15) is 6.61 Å². The molecule has 0 aliphatic heterocycles. The lowest BCUT2D eigenvalue weighted by atomic mass is 10.1. The second-order valence-corrected chi connectivity index (χ2v) is 6.81. The van der Waals surface area contributed by atoms with Crippen LogP contribution in [-0.4, -0.2) is 17.7 Å². The maximum absolute atomic E-state index is 10.9. The van der Waals surface area contributed by atoms with Crippen molar-refractivity contribution in [2.45, 2.75) is 20.1 Å². The normalized spacial score (nSPS) is 10.4. The van der Waals surface area contributed by atoms with Crippen LogP contribution in [0, 0.1) is 0 Å². The number of anilines is 1. The molecule has 0 spiro atoms. The first-order valence-electron chi connectivity index (χ1n) is 9.25. The van der Waals surface area contributed by atoms with Crippen molar-refractivity contribution in [3.8, 4) is 11.5 Å². The maximum atomic E-state index is 10.9. The standard InChI is InChI=1S/C23H22ClNO4/c1-2-28-22-13-16(14-25-20-9-7-18(8-10-20)23(26)27)6-11-21(22)29-15-17-4-3-5-19(24)12-17/h3-13,25H,2,14-15H2,1H3,(H,26,27). The molecule has 0 fully saturated rings. The third-order valence-electron chi connectivity index (χ3n) is 4.22. The molecule has 0 amide bonds. The van der Waals surface area contributed by atoms with Crippen LogP contribution < -0.4 is 14.8 Å². The highest BCUT2D eigenvalue weighted by molar-refractivity contribution is 6.30. The Labute approximate surface area is 174 Å². The minimum absolute atomic E-state index is 0.260. The van der Waals surface area contributed by atoms with E-state index in [1.165, 1.54) is 0 Å². The van der Waals surface area contributed by atoms with Crippen LogP contribution in [-0.2, 0) is 13.2 Å². The van der Waals surface area contributed by atoms with Crippen LogP contribution in [0.25, 0.3) is 0 Å². The van der Waals surface area contributed by atoms with Crippen LogP contribution in [0.2, 0.25) is 5.02 Å². The van der Waals surface area contributed by atoms with Gasteiger partial charge in [-0.3, -0.25) is 0 Å². The summed E-state index contributed by atoms with van der Waals surface area (Å²) >= 11 is 6.02. The van der Waals surface area contributed by atoms with Crippen molar-refractivity contribution in [1.82, 2.24) is 0 Å². The van der Waals surface area contributed by atoms with Crippen LogP contribution in [0.3, 0.4) is 0 Å². The molecule has 0 heterocycles. The first-order chi connectivity index (χ1) is 14.0. The molecule has 3 rings (SSSR count). The number of carbonyl (C=O) groups is 1. The Kier molecular flexibility index (Phi) is 6.98. The molecule has 6 heteroatoms. The quantitative estimate of drug-likeness (QED) is 0.477. The number of aromatic carboxylic acids is 1. The molecular formula is C23H22ClNO4. The molecule has 0 saturated carbocycles. The van der Waals surface area contributed by atoms with Crippen molar-refractivity contribution < 1.29 is 19.4 Å². The predicted molar refractivity (Wildman–Crippen MR) is 114 cm³/mol. The van der Waals surface area contributed by atoms with Gasteiger partial charge in [0.25, 0.3) is 0 Å². The van der Waals surface area contributed by atoms with Crippen molar-refractivity contribution in [2.75, 3.05) is 11.9 Å². The average molecular weight is 412 g/mol. The summed E-state index contributed by atoms with van der Waals surface area (Å²) in [7, 11) is 0. The summed E-state index contributed by atoms with van der Waals surface area (Å²) in [6.07, 6.45) is 0. The van der Waals surface area contributed by atoms with E-state index in [0.29, 0.717) is 36.3 Å². The van der Waals surface area contributed by atoms with Gasteiger partial charge in [0.2, 0.25) is 0 Å². The number of benzene rings is 3. The fourth-order valence-electron chi connectivity index (χ4n) is 2.77.